The smallest absolute Gasteiger partial charge is 0.249 e. The van der Waals surface area contributed by atoms with Gasteiger partial charge >= 0.3 is 0 Å². The minimum atomic E-state index is -0.602. The second kappa shape index (κ2) is 14.1. The Morgan fingerprint density at radius 2 is 1.49 bits per heavy atom. The third-order valence-electron chi connectivity index (χ3n) is 9.56. The first-order chi connectivity index (χ1) is 18.4. The van der Waals surface area contributed by atoms with Gasteiger partial charge in [0.05, 0.1) is 12.1 Å². The number of rotatable bonds is 9. The Bertz CT molecular complexity index is 883. The van der Waals surface area contributed by atoms with E-state index in [9.17, 15) is 14.4 Å². The molecule has 3 amide bonds. The van der Waals surface area contributed by atoms with Crippen LogP contribution in [0.25, 0.3) is 0 Å². The van der Waals surface area contributed by atoms with Crippen LogP contribution in [0.1, 0.15) is 99.8 Å². The van der Waals surface area contributed by atoms with Crippen LogP contribution in [0, 0.1) is 23.7 Å². The Morgan fingerprint density at radius 3 is 2.10 bits per heavy atom. The van der Waals surface area contributed by atoms with E-state index in [-0.39, 0.29) is 47.7 Å². The van der Waals surface area contributed by atoms with Crippen LogP contribution < -0.4 is 5.32 Å². The number of carbonyl (C=O) groups excluding carboxylic acids is 3. The van der Waals surface area contributed by atoms with Crippen molar-refractivity contribution in [2.45, 2.75) is 124 Å². The van der Waals surface area contributed by atoms with Gasteiger partial charge in [0.15, 0.2) is 0 Å². The normalized spacial score (nSPS) is 26.4. The van der Waals surface area contributed by atoms with E-state index in [2.05, 4.69) is 37.9 Å². The SMILES string of the molecule is CC(=C[C@H](C(C)C)N(C)C(=O)[C@@H](NC(=O)C1CCCCN1C(C)C)C(C)C)C(=O)N1CCC2CCCCC2C1. The molecule has 1 aliphatic carbocycles. The maximum absolute atomic E-state index is 13.8. The molecule has 0 bridgehead atoms. The van der Waals surface area contributed by atoms with Crippen LogP contribution in [0.2, 0.25) is 0 Å². The van der Waals surface area contributed by atoms with E-state index in [0.717, 1.165) is 51.2 Å². The highest BCUT2D eigenvalue weighted by atomic mass is 16.2. The number of carbonyl (C=O) groups is 3. The second-order valence-corrected chi connectivity index (χ2v) is 13.5. The number of amides is 3. The summed E-state index contributed by atoms with van der Waals surface area (Å²) in [7, 11) is 1.82. The maximum Gasteiger partial charge on any atom is 0.249 e. The molecule has 3 rings (SSSR count). The van der Waals surface area contributed by atoms with Crippen LogP contribution in [0.4, 0.5) is 0 Å². The van der Waals surface area contributed by atoms with E-state index < -0.39 is 6.04 Å². The van der Waals surface area contributed by atoms with Crippen LogP contribution in [-0.4, -0.2) is 83.3 Å². The highest BCUT2D eigenvalue weighted by Crippen LogP contribution is 2.36. The Hall–Kier alpha value is -1.89. The highest BCUT2D eigenvalue weighted by molar-refractivity contribution is 5.93. The molecular weight excluding hydrogens is 488 g/mol. The topological polar surface area (TPSA) is 73.0 Å². The first-order valence-corrected chi connectivity index (χ1v) is 15.7. The summed E-state index contributed by atoms with van der Waals surface area (Å²) in [6.07, 6.45) is 11.2. The molecule has 3 fully saturated rings. The van der Waals surface area contributed by atoms with Crippen molar-refractivity contribution in [1.82, 2.24) is 20.0 Å². The van der Waals surface area contributed by atoms with E-state index in [4.69, 9.17) is 0 Å². The summed E-state index contributed by atoms with van der Waals surface area (Å²) < 4.78 is 0. The van der Waals surface area contributed by atoms with Crippen molar-refractivity contribution in [1.29, 1.82) is 0 Å². The largest absolute Gasteiger partial charge is 0.343 e. The number of fused-ring (bicyclic) bond motifs is 1. The van der Waals surface area contributed by atoms with Gasteiger partial charge in [0, 0.05) is 31.8 Å². The zero-order valence-corrected chi connectivity index (χ0v) is 26.0. The molecule has 3 unspecified atom stereocenters. The Labute approximate surface area is 238 Å². The molecule has 2 aliphatic heterocycles. The lowest BCUT2D eigenvalue weighted by Crippen LogP contribution is -2.58. The lowest BCUT2D eigenvalue weighted by atomic mass is 9.75. The molecule has 0 spiro atoms. The van der Waals surface area contributed by atoms with Crippen molar-refractivity contribution in [2.75, 3.05) is 26.7 Å². The highest BCUT2D eigenvalue weighted by Gasteiger charge is 2.37. The van der Waals surface area contributed by atoms with Gasteiger partial charge in [-0.25, -0.2) is 0 Å². The lowest BCUT2D eigenvalue weighted by molar-refractivity contribution is -0.140. The summed E-state index contributed by atoms with van der Waals surface area (Å²) in [6.45, 7) is 16.9. The van der Waals surface area contributed by atoms with Gasteiger partial charge in [-0.2, -0.15) is 0 Å². The van der Waals surface area contributed by atoms with Crippen LogP contribution in [0.5, 0.6) is 0 Å². The molecule has 0 aromatic carbocycles. The number of likely N-dealkylation sites (N-methyl/N-ethyl adjacent to an activating group) is 1. The van der Waals surface area contributed by atoms with Crippen molar-refractivity contribution >= 4 is 17.7 Å². The number of likely N-dealkylation sites (tertiary alicyclic amines) is 2. The maximum atomic E-state index is 13.8. The predicted molar refractivity (Wildman–Crippen MR) is 158 cm³/mol. The van der Waals surface area contributed by atoms with E-state index in [1.807, 2.05) is 38.8 Å². The van der Waals surface area contributed by atoms with Gasteiger partial charge in [0.1, 0.15) is 6.04 Å². The Kier molecular flexibility index (Phi) is 11.5. The van der Waals surface area contributed by atoms with E-state index in [0.29, 0.717) is 11.5 Å². The zero-order valence-electron chi connectivity index (χ0n) is 26.0. The minimum Gasteiger partial charge on any atom is -0.343 e. The first kappa shape index (κ1) is 31.6. The molecule has 1 saturated carbocycles. The van der Waals surface area contributed by atoms with Gasteiger partial charge in [-0.15, -0.1) is 0 Å². The van der Waals surface area contributed by atoms with E-state index in [1.165, 1.54) is 25.7 Å². The molecule has 7 heteroatoms. The van der Waals surface area contributed by atoms with E-state index in [1.54, 1.807) is 4.90 Å². The number of nitrogens with zero attached hydrogens (tertiary/aromatic N) is 3. The molecule has 0 aromatic rings. The summed E-state index contributed by atoms with van der Waals surface area (Å²) in [5.41, 5.74) is 0.711. The molecule has 2 heterocycles. The molecule has 39 heavy (non-hydrogen) atoms. The summed E-state index contributed by atoms with van der Waals surface area (Å²) in [5, 5.41) is 3.13. The fourth-order valence-electron chi connectivity index (χ4n) is 7.10. The quantitative estimate of drug-likeness (QED) is 0.421. The third-order valence-corrected chi connectivity index (χ3v) is 9.56. The third kappa shape index (κ3) is 7.86. The van der Waals surface area contributed by atoms with Crippen LogP contribution in [-0.2, 0) is 14.4 Å². The van der Waals surface area contributed by atoms with Gasteiger partial charge in [0.25, 0.3) is 0 Å². The van der Waals surface area contributed by atoms with Crippen molar-refractivity contribution in [3.05, 3.63) is 11.6 Å². The van der Waals surface area contributed by atoms with Crippen molar-refractivity contribution in [2.24, 2.45) is 23.7 Å². The van der Waals surface area contributed by atoms with Crippen LogP contribution in [0.3, 0.4) is 0 Å². The summed E-state index contributed by atoms with van der Waals surface area (Å²) in [6, 6.07) is -0.730. The number of hydrogen-bond acceptors (Lipinski definition) is 4. The fraction of sp³-hybridized carbons (Fsp3) is 0.844. The number of hydrogen-bond donors (Lipinski definition) is 1. The minimum absolute atomic E-state index is 0.0436. The zero-order chi connectivity index (χ0) is 28.9. The van der Waals surface area contributed by atoms with Crippen molar-refractivity contribution in [3.8, 4) is 0 Å². The van der Waals surface area contributed by atoms with Gasteiger partial charge in [-0.05, 0) is 76.7 Å². The Morgan fingerprint density at radius 1 is 0.846 bits per heavy atom. The molecular formula is C32H56N4O3. The van der Waals surface area contributed by atoms with Crippen molar-refractivity contribution < 1.29 is 14.4 Å². The second-order valence-electron chi connectivity index (χ2n) is 13.5. The first-order valence-electron chi connectivity index (χ1n) is 15.7. The lowest BCUT2D eigenvalue weighted by Gasteiger charge is -2.41. The van der Waals surface area contributed by atoms with Gasteiger partial charge < -0.3 is 15.1 Å². The monoisotopic (exact) mass is 544 g/mol. The summed E-state index contributed by atoms with van der Waals surface area (Å²) in [5.74, 6) is 1.47. The average Bonchev–Trinajstić information content (AvgIpc) is 2.92. The fourth-order valence-corrected chi connectivity index (χ4v) is 7.10. The predicted octanol–water partition coefficient (Wildman–Crippen LogP) is 4.86. The van der Waals surface area contributed by atoms with Crippen LogP contribution >= 0.6 is 0 Å². The summed E-state index contributed by atoms with van der Waals surface area (Å²) in [4.78, 5) is 46.8. The molecule has 0 aromatic heterocycles. The molecule has 0 radical (unpaired) electrons. The summed E-state index contributed by atoms with van der Waals surface area (Å²) >= 11 is 0. The Balaban J connectivity index is 1.70. The van der Waals surface area contributed by atoms with Crippen LogP contribution in [0.15, 0.2) is 11.6 Å². The molecule has 7 nitrogen and oxygen atoms in total. The molecule has 1 N–H and O–H groups in total. The van der Waals surface area contributed by atoms with Gasteiger partial charge in [-0.3, -0.25) is 19.3 Å². The van der Waals surface area contributed by atoms with Gasteiger partial charge in [0.2, 0.25) is 17.7 Å². The molecule has 222 valence electrons. The van der Waals surface area contributed by atoms with Crippen molar-refractivity contribution in [3.63, 3.8) is 0 Å². The number of nitrogens with one attached hydrogen (secondary N) is 1. The average molecular weight is 545 g/mol. The molecule has 3 aliphatic rings. The number of piperidine rings is 2. The standard InChI is InChI=1S/C32H56N4O3/c1-21(2)28(19-24(7)31(38)35-18-16-25-13-9-10-14-26(25)20-35)34(8)32(39)29(22(3)4)33-30(37)27-15-11-12-17-36(27)23(5)6/h19,21-23,25-29H,9-18,20H2,1-8H3,(H,33,37)/t25?,26?,27?,28-,29+/m1/s1. The van der Waals surface area contributed by atoms with Gasteiger partial charge in [-0.1, -0.05) is 59.5 Å². The molecule has 2 saturated heterocycles. The molecule has 5 atom stereocenters. The van der Waals surface area contributed by atoms with E-state index >= 15 is 0 Å².